The van der Waals surface area contributed by atoms with Crippen LogP contribution >= 0.6 is 15.9 Å². The average Bonchev–Trinajstić information content (AvgIpc) is 3.44. The van der Waals surface area contributed by atoms with Gasteiger partial charge in [0.05, 0.1) is 43.4 Å². The van der Waals surface area contributed by atoms with E-state index in [1.165, 1.54) is 4.57 Å². The van der Waals surface area contributed by atoms with E-state index in [1.54, 1.807) is 18.6 Å². The molecular weight excluding hydrogens is 594 g/mol. The Balaban J connectivity index is 1.85. The van der Waals surface area contributed by atoms with Gasteiger partial charge in [-0.3, -0.25) is 18.5 Å². The van der Waals surface area contributed by atoms with Gasteiger partial charge in [-0.05, 0) is 77.9 Å². The number of halogens is 1. The van der Waals surface area contributed by atoms with Gasteiger partial charge in [0, 0.05) is 6.54 Å². The third kappa shape index (κ3) is 5.95. The number of benzene rings is 1. The average molecular weight is 637 g/mol. The van der Waals surface area contributed by atoms with Crippen LogP contribution in [-0.2, 0) is 24.1 Å². The van der Waals surface area contributed by atoms with E-state index >= 15 is 0 Å². The molecule has 1 fully saturated rings. The number of hydrogen-bond acceptors (Lipinski definition) is 7. The molecule has 2 aromatic heterocycles. The van der Waals surface area contributed by atoms with E-state index in [0.717, 1.165) is 22.9 Å². The molecule has 0 bridgehead atoms. The predicted molar refractivity (Wildman–Crippen MR) is 164 cm³/mol. The highest BCUT2D eigenvalue weighted by atomic mass is 79.9. The Bertz CT molecular complexity index is 1490. The van der Waals surface area contributed by atoms with Crippen LogP contribution in [0.2, 0.25) is 18.1 Å². The van der Waals surface area contributed by atoms with E-state index in [1.807, 2.05) is 22.8 Å². The van der Waals surface area contributed by atoms with Crippen molar-refractivity contribution in [1.82, 2.24) is 18.7 Å². The maximum absolute atomic E-state index is 13.7. The highest BCUT2D eigenvalue weighted by molar-refractivity contribution is 9.10. The fourth-order valence-corrected chi connectivity index (χ4v) is 6.53. The Kier molecular flexibility index (Phi) is 9.03. The van der Waals surface area contributed by atoms with Crippen molar-refractivity contribution in [1.29, 1.82) is 0 Å². The molecular formula is C28H42BrN5O5Si. The van der Waals surface area contributed by atoms with Crippen LogP contribution in [0.5, 0.6) is 5.75 Å². The summed E-state index contributed by atoms with van der Waals surface area (Å²) < 4.78 is 17.2. The maximum atomic E-state index is 13.7. The molecule has 0 amide bonds. The number of ether oxygens (including phenoxy) is 1. The Morgan fingerprint density at radius 1 is 1.18 bits per heavy atom. The molecule has 1 aliphatic rings. The van der Waals surface area contributed by atoms with Gasteiger partial charge < -0.3 is 19.6 Å². The van der Waals surface area contributed by atoms with Crippen molar-refractivity contribution in [3.8, 4) is 5.75 Å². The van der Waals surface area contributed by atoms with Gasteiger partial charge in [-0.2, -0.15) is 4.98 Å². The summed E-state index contributed by atoms with van der Waals surface area (Å²) >= 11 is 3.55. The van der Waals surface area contributed by atoms with Crippen LogP contribution < -0.4 is 21.3 Å². The molecule has 2 unspecified atom stereocenters. The van der Waals surface area contributed by atoms with Gasteiger partial charge in [-0.15, -0.1) is 0 Å². The van der Waals surface area contributed by atoms with Gasteiger partial charge in [0.25, 0.3) is 5.56 Å². The van der Waals surface area contributed by atoms with Crippen molar-refractivity contribution in [3.05, 3.63) is 49.1 Å². The van der Waals surface area contributed by atoms with E-state index in [4.69, 9.17) is 14.1 Å². The molecule has 12 heteroatoms. The molecule has 0 saturated heterocycles. The SMILES string of the molecule is CCn1c(=O)c2c(nc(NC3CCCC3O)n2Cc2ccc(OC)c(Br)c2)n(CCO[Si](C)(C)C(C)(C)C)c1=O. The van der Waals surface area contributed by atoms with Gasteiger partial charge in [-0.1, -0.05) is 26.8 Å². The van der Waals surface area contributed by atoms with Crippen LogP contribution in [0, 0.1) is 0 Å². The van der Waals surface area contributed by atoms with Crippen LogP contribution in [0.4, 0.5) is 5.95 Å². The predicted octanol–water partition coefficient (Wildman–Crippen LogP) is 4.55. The summed E-state index contributed by atoms with van der Waals surface area (Å²) in [6.45, 7) is 13.9. The minimum absolute atomic E-state index is 0.0307. The van der Waals surface area contributed by atoms with Gasteiger partial charge in [0.15, 0.2) is 19.5 Å². The van der Waals surface area contributed by atoms with Crippen molar-refractivity contribution in [2.24, 2.45) is 0 Å². The van der Waals surface area contributed by atoms with Crippen LogP contribution in [0.3, 0.4) is 0 Å². The van der Waals surface area contributed by atoms with Crippen LogP contribution in [0.1, 0.15) is 52.5 Å². The first-order chi connectivity index (χ1) is 18.8. The lowest BCUT2D eigenvalue weighted by atomic mass is 10.2. The number of rotatable bonds is 10. The number of aliphatic hydroxyl groups excluding tert-OH is 1. The zero-order valence-electron chi connectivity index (χ0n) is 24.6. The molecule has 2 N–H and O–H groups in total. The third-order valence-electron chi connectivity index (χ3n) is 8.37. The third-order valence-corrected chi connectivity index (χ3v) is 13.5. The van der Waals surface area contributed by atoms with E-state index in [9.17, 15) is 14.7 Å². The minimum Gasteiger partial charge on any atom is -0.496 e. The van der Waals surface area contributed by atoms with Gasteiger partial charge in [-0.25, -0.2) is 4.79 Å². The van der Waals surface area contributed by atoms with Crippen molar-refractivity contribution in [3.63, 3.8) is 0 Å². The Hall–Kier alpha value is -2.41. The lowest BCUT2D eigenvalue weighted by Crippen LogP contribution is -2.43. The Morgan fingerprint density at radius 3 is 2.48 bits per heavy atom. The van der Waals surface area contributed by atoms with Crippen LogP contribution in [-0.4, -0.2) is 58.0 Å². The number of aromatic nitrogens is 4. The highest BCUT2D eigenvalue weighted by Crippen LogP contribution is 2.36. The van der Waals surface area contributed by atoms with E-state index in [2.05, 4.69) is 55.1 Å². The van der Waals surface area contributed by atoms with Crippen LogP contribution in [0.15, 0.2) is 32.3 Å². The number of hydrogen-bond donors (Lipinski definition) is 2. The van der Waals surface area contributed by atoms with E-state index in [-0.39, 0.29) is 29.7 Å². The Morgan fingerprint density at radius 2 is 1.90 bits per heavy atom. The summed E-state index contributed by atoms with van der Waals surface area (Å²) in [7, 11) is -0.433. The van der Waals surface area contributed by atoms with E-state index in [0.29, 0.717) is 42.4 Å². The van der Waals surface area contributed by atoms with Gasteiger partial charge >= 0.3 is 5.69 Å². The first-order valence-corrected chi connectivity index (χ1v) is 17.6. The number of nitrogens with one attached hydrogen (secondary N) is 1. The van der Waals surface area contributed by atoms with Gasteiger partial charge in [0.2, 0.25) is 5.95 Å². The summed E-state index contributed by atoms with van der Waals surface area (Å²) in [6.07, 6.45) is 1.91. The number of anilines is 1. The monoisotopic (exact) mass is 635 g/mol. The zero-order chi connectivity index (χ0) is 29.4. The molecule has 1 aliphatic carbocycles. The maximum Gasteiger partial charge on any atom is 0.332 e. The number of fused-ring (bicyclic) bond motifs is 1. The van der Waals surface area contributed by atoms with Crippen molar-refractivity contribution < 1.29 is 14.3 Å². The van der Waals surface area contributed by atoms with Crippen molar-refractivity contribution >= 4 is 41.4 Å². The molecule has 3 aromatic rings. The second-order valence-electron chi connectivity index (χ2n) is 12.0. The standard InChI is InChI=1S/C28H42BrN5O5Si/c1-8-32-25(36)23-24(33(27(32)37)14-15-39-40(6,7)28(2,3)4)31-26(30-20-10-9-11-21(20)35)34(23)17-18-12-13-22(38-5)19(29)16-18/h12-13,16,20-21,35H,8-11,14-15,17H2,1-7H3,(H,30,31). The largest absolute Gasteiger partial charge is 0.496 e. The lowest BCUT2D eigenvalue weighted by Gasteiger charge is -2.36. The molecule has 0 radical (unpaired) electrons. The molecule has 2 atom stereocenters. The summed E-state index contributed by atoms with van der Waals surface area (Å²) in [4.78, 5) is 32.1. The molecule has 1 aromatic carbocycles. The van der Waals surface area contributed by atoms with Crippen molar-refractivity contribution in [2.75, 3.05) is 19.0 Å². The summed E-state index contributed by atoms with van der Waals surface area (Å²) in [5, 5.41) is 14.0. The van der Waals surface area contributed by atoms with Crippen molar-refractivity contribution in [2.45, 2.75) is 96.9 Å². The van der Waals surface area contributed by atoms with E-state index < -0.39 is 20.1 Å². The van der Waals surface area contributed by atoms with Crippen LogP contribution in [0.25, 0.3) is 11.2 Å². The number of imidazole rings is 1. The summed E-state index contributed by atoms with van der Waals surface area (Å²) in [5.74, 6) is 1.16. The quantitative estimate of drug-likeness (QED) is 0.314. The fourth-order valence-electron chi connectivity index (χ4n) is 4.91. The fraction of sp³-hybridized carbons (Fsp3) is 0.607. The highest BCUT2D eigenvalue weighted by Gasteiger charge is 2.37. The number of methoxy groups -OCH3 is 1. The second-order valence-corrected chi connectivity index (χ2v) is 17.7. The first-order valence-electron chi connectivity index (χ1n) is 13.9. The lowest BCUT2D eigenvalue weighted by molar-refractivity contribution is 0.171. The molecule has 4 rings (SSSR count). The molecule has 2 heterocycles. The molecule has 220 valence electrons. The summed E-state index contributed by atoms with van der Waals surface area (Å²) in [6, 6.07) is 5.56. The Labute approximate surface area is 244 Å². The normalized spacial score (nSPS) is 18.0. The smallest absolute Gasteiger partial charge is 0.332 e. The molecule has 40 heavy (non-hydrogen) atoms. The minimum atomic E-state index is -2.04. The molecule has 1 saturated carbocycles. The van der Waals surface area contributed by atoms with Gasteiger partial charge in [0.1, 0.15) is 5.75 Å². The molecule has 0 aliphatic heterocycles. The molecule has 10 nitrogen and oxygen atoms in total. The zero-order valence-corrected chi connectivity index (χ0v) is 27.2. The molecule has 0 spiro atoms. The number of nitrogens with zero attached hydrogens (tertiary/aromatic N) is 4. The summed E-state index contributed by atoms with van der Waals surface area (Å²) in [5.41, 5.74) is 0.799. The second kappa shape index (κ2) is 11.8. The topological polar surface area (TPSA) is 113 Å². The number of aliphatic hydroxyl groups is 1. The first kappa shape index (κ1) is 30.5.